The molecule has 2 aliphatic heterocycles. The molecule has 3 rings (SSSR count). The number of methoxy groups -OCH3 is 1. The van der Waals surface area contributed by atoms with Gasteiger partial charge in [-0.1, -0.05) is 0 Å². The summed E-state index contributed by atoms with van der Waals surface area (Å²) in [5.74, 6) is 1.69. The molecule has 6 nitrogen and oxygen atoms in total. The van der Waals surface area contributed by atoms with Crippen LogP contribution in [-0.2, 0) is 11.3 Å². The molecule has 0 spiro atoms. The van der Waals surface area contributed by atoms with Gasteiger partial charge >= 0.3 is 0 Å². The van der Waals surface area contributed by atoms with Crippen molar-refractivity contribution in [1.29, 1.82) is 0 Å². The molecule has 0 aromatic heterocycles. The maximum Gasteiger partial charge on any atom is 0.191 e. The lowest BCUT2D eigenvalue weighted by Gasteiger charge is -2.22. The number of aliphatic imine (C=N–C) groups is 1. The number of hydrogen-bond acceptors (Lipinski definition) is 4. The van der Waals surface area contributed by atoms with Crippen LogP contribution in [0.3, 0.4) is 0 Å². The number of nitrogens with zero attached hydrogens (tertiary/aromatic N) is 1. The number of fused-ring (bicyclic) bond motifs is 2. The molecule has 0 aliphatic carbocycles. The Balaban J connectivity index is 0.00000192. The largest absolute Gasteiger partial charge is 0.508 e. The second-order valence-corrected chi connectivity index (χ2v) is 5.78. The van der Waals surface area contributed by atoms with E-state index in [2.05, 4.69) is 15.6 Å². The third kappa shape index (κ3) is 4.20. The van der Waals surface area contributed by atoms with E-state index >= 15 is 0 Å². The average Bonchev–Trinajstić information content (AvgIpc) is 3.15. The molecule has 0 saturated carbocycles. The standard InChI is InChI=1S/C16H23N3O3.HI/c1-17-16(19-13-8-12-4-6-15(13)22-12)18-9-10-7-11(21-2)3-5-14(10)20;/h3,5,7,12-13,15,20H,4,6,8-9H2,1-2H3,(H2,17,18,19);1H. The van der Waals surface area contributed by atoms with Crippen LogP contribution in [0.4, 0.5) is 0 Å². The van der Waals surface area contributed by atoms with Crippen LogP contribution < -0.4 is 15.4 Å². The number of phenols is 1. The van der Waals surface area contributed by atoms with Crippen molar-refractivity contribution in [2.45, 2.75) is 44.1 Å². The number of rotatable bonds is 4. The van der Waals surface area contributed by atoms with Crippen LogP contribution in [0, 0.1) is 0 Å². The van der Waals surface area contributed by atoms with Gasteiger partial charge in [-0.05, 0) is 37.5 Å². The molecule has 0 amide bonds. The van der Waals surface area contributed by atoms with Crippen LogP contribution in [0.15, 0.2) is 23.2 Å². The monoisotopic (exact) mass is 433 g/mol. The Morgan fingerprint density at radius 3 is 2.87 bits per heavy atom. The smallest absolute Gasteiger partial charge is 0.191 e. The summed E-state index contributed by atoms with van der Waals surface area (Å²) in [4.78, 5) is 4.25. The van der Waals surface area contributed by atoms with Crippen molar-refractivity contribution in [2.24, 2.45) is 4.99 Å². The summed E-state index contributed by atoms with van der Waals surface area (Å²) in [7, 11) is 3.36. The van der Waals surface area contributed by atoms with E-state index in [4.69, 9.17) is 9.47 Å². The molecule has 1 aromatic carbocycles. The number of benzene rings is 1. The second-order valence-electron chi connectivity index (χ2n) is 5.78. The number of ether oxygens (including phenoxy) is 2. The highest BCUT2D eigenvalue weighted by Crippen LogP contribution is 2.34. The van der Waals surface area contributed by atoms with Crippen molar-refractivity contribution in [2.75, 3.05) is 14.2 Å². The van der Waals surface area contributed by atoms with Gasteiger partial charge in [0.05, 0.1) is 25.4 Å². The fourth-order valence-electron chi connectivity index (χ4n) is 3.17. The predicted octanol–water partition coefficient (Wildman–Crippen LogP) is 2.00. The van der Waals surface area contributed by atoms with Gasteiger partial charge in [-0.25, -0.2) is 0 Å². The van der Waals surface area contributed by atoms with Crippen molar-refractivity contribution in [3.63, 3.8) is 0 Å². The summed E-state index contributed by atoms with van der Waals surface area (Å²) in [5.41, 5.74) is 0.770. The predicted molar refractivity (Wildman–Crippen MR) is 99.7 cm³/mol. The molecule has 23 heavy (non-hydrogen) atoms. The first kappa shape index (κ1) is 18.1. The van der Waals surface area contributed by atoms with E-state index in [0.29, 0.717) is 24.8 Å². The minimum atomic E-state index is 0. The van der Waals surface area contributed by atoms with Crippen LogP contribution in [0.1, 0.15) is 24.8 Å². The van der Waals surface area contributed by atoms with Gasteiger partial charge in [-0.3, -0.25) is 4.99 Å². The van der Waals surface area contributed by atoms with Crippen molar-refractivity contribution in [3.05, 3.63) is 23.8 Å². The second kappa shape index (κ2) is 8.05. The van der Waals surface area contributed by atoms with E-state index in [1.54, 1.807) is 26.3 Å². The van der Waals surface area contributed by atoms with E-state index in [1.165, 1.54) is 6.42 Å². The molecule has 0 radical (unpaired) electrons. The fraction of sp³-hybridized carbons (Fsp3) is 0.562. The lowest BCUT2D eigenvalue weighted by atomic mass is 9.96. The SMILES string of the molecule is CN=C(NCc1cc(OC)ccc1O)NC1CC2CCC1O2.I. The fourth-order valence-corrected chi connectivity index (χ4v) is 3.17. The molecule has 2 fully saturated rings. The Hall–Kier alpha value is -1.22. The zero-order chi connectivity index (χ0) is 15.5. The Bertz CT molecular complexity index is 568. The third-order valence-electron chi connectivity index (χ3n) is 4.38. The molecule has 7 heteroatoms. The zero-order valence-corrected chi connectivity index (χ0v) is 15.7. The quantitative estimate of drug-likeness (QED) is 0.385. The van der Waals surface area contributed by atoms with E-state index in [0.717, 1.165) is 30.1 Å². The first-order valence-electron chi connectivity index (χ1n) is 7.68. The summed E-state index contributed by atoms with van der Waals surface area (Å²) in [6.07, 6.45) is 4.04. The highest BCUT2D eigenvalue weighted by molar-refractivity contribution is 14.0. The van der Waals surface area contributed by atoms with Gasteiger partial charge in [0, 0.05) is 19.2 Å². The highest BCUT2D eigenvalue weighted by atomic mass is 127. The normalized spacial score (nSPS) is 25.8. The summed E-state index contributed by atoms with van der Waals surface area (Å²) in [6, 6.07) is 5.51. The van der Waals surface area contributed by atoms with Gasteiger partial charge < -0.3 is 25.2 Å². The summed E-state index contributed by atoms with van der Waals surface area (Å²) < 4.78 is 11.0. The Morgan fingerprint density at radius 1 is 1.43 bits per heavy atom. The summed E-state index contributed by atoms with van der Waals surface area (Å²) >= 11 is 0. The molecule has 3 unspecified atom stereocenters. The van der Waals surface area contributed by atoms with Crippen molar-refractivity contribution >= 4 is 29.9 Å². The van der Waals surface area contributed by atoms with Gasteiger partial charge in [0.2, 0.25) is 0 Å². The number of nitrogens with one attached hydrogen (secondary N) is 2. The van der Waals surface area contributed by atoms with E-state index in [9.17, 15) is 5.11 Å². The van der Waals surface area contributed by atoms with Crippen molar-refractivity contribution < 1.29 is 14.6 Å². The molecule has 3 N–H and O–H groups in total. The number of aromatic hydroxyl groups is 1. The number of halogens is 1. The molecule has 2 bridgehead atoms. The van der Waals surface area contributed by atoms with Gasteiger partial charge in [0.15, 0.2) is 5.96 Å². The van der Waals surface area contributed by atoms with Crippen LogP contribution >= 0.6 is 24.0 Å². The maximum absolute atomic E-state index is 9.91. The molecule has 2 aliphatic rings. The Kier molecular flexibility index (Phi) is 6.34. The van der Waals surface area contributed by atoms with Crippen LogP contribution in [0.5, 0.6) is 11.5 Å². The van der Waals surface area contributed by atoms with Crippen LogP contribution in [0.25, 0.3) is 0 Å². The number of hydrogen-bond donors (Lipinski definition) is 3. The first-order chi connectivity index (χ1) is 10.7. The Labute approximate surface area is 153 Å². The molecule has 1 aromatic rings. The Morgan fingerprint density at radius 2 is 2.26 bits per heavy atom. The van der Waals surface area contributed by atoms with Crippen LogP contribution in [-0.4, -0.2) is 43.5 Å². The number of phenolic OH excluding ortho intramolecular Hbond substituents is 1. The van der Waals surface area contributed by atoms with Crippen molar-refractivity contribution in [1.82, 2.24) is 10.6 Å². The molecule has 128 valence electrons. The minimum absolute atomic E-state index is 0. The molecule has 3 atom stereocenters. The average molecular weight is 433 g/mol. The van der Waals surface area contributed by atoms with E-state index in [1.807, 2.05) is 6.07 Å². The van der Waals surface area contributed by atoms with E-state index < -0.39 is 0 Å². The van der Waals surface area contributed by atoms with Gasteiger partial charge in [-0.2, -0.15) is 0 Å². The van der Waals surface area contributed by atoms with Gasteiger partial charge in [0.1, 0.15) is 11.5 Å². The lowest BCUT2D eigenvalue weighted by molar-refractivity contribution is 0.0992. The molecule has 2 saturated heterocycles. The summed E-state index contributed by atoms with van der Waals surface area (Å²) in [6.45, 7) is 0.477. The lowest BCUT2D eigenvalue weighted by Crippen LogP contribution is -2.47. The van der Waals surface area contributed by atoms with Crippen molar-refractivity contribution in [3.8, 4) is 11.5 Å². The molecular formula is C16H24IN3O3. The topological polar surface area (TPSA) is 75.1 Å². The first-order valence-corrected chi connectivity index (χ1v) is 7.68. The maximum atomic E-state index is 9.91. The third-order valence-corrected chi connectivity index (χ3v) is 4.38. The van der Waals surface area contributed by atoms with Crippen LogP contribution in [0.2, 0.25) is 0 Å². The molecule has 2 heterocycles. The van der Waals surface area contributed by atoms with Gasteiger partial charge in [0.25, 0.3) is 0 Å². The van der Waals surface area contributed by atoms with Gasteiger partial charge in [-0.15, -0.1) is 24.0 Å². The minimum Gasteiger partial charge on any atom is -0.508 e. The summed E-state index contributed by atoms with van der Waals surface area (Å²) in [5, 5.41) is 16.6. The zero-order valence-electron chi connectivity index (χ0n) is 13.4. The highest BCUT2D eigenvalue weighted by Gasteiger charge is 2.41. The molecular weight excluding hydrogens is 409 g/mol. The van der Waals surface area contributed by atoms with E-state index in [-0.39, 0.29) is 29.7 Å². The number of guanidine groups is 1.